The molecule has 2 bridgehead atoms. The number of hydrogen-bond donors (Lipinski definition) is 0. The first-order valence-electron chi connectivity index (χ1n) is 16.7. The van der Waals surface area contributed by atoms with Crippen LogP contribution in [0.5, 0.6) is 11.5 Å². The number of carbonyl (C=O) groups is 3. The van der Waals surface area contributed by atoms with Gasteiger partial charge in [0.05, 0.1) is 50.1 Å². The van der Waals surface area contributed by atoms with Crippen LogP contribution in [0.1, 0.15) is 57.5 Å². The summed E-state index contributed by atoms with van der Waals surface area (Å²) in [5.74, 6) is 1.06. The maximum atomic E-state index is 12.7. The van der Waals surface area contributed by atoms with E-state index in [0.29, 0.717) is 73.9 Å². The maximum absolute atomic E-state index is 12.7. The third-order valence-corrected chi connectivity index (χ3v) is 8.63. The minimum Gasteiger partial charge on any atom is -0.491 e. The van der Waals surface area contributed by atoms with Gasteiger partial charge in [0.15, 0.2) is 0 Å². The van der Waals surface area contributed by atoms with Crippen LogP contribution < -0.4 is 9.47 Å². The summed E-state index contributed by atoms with van der Waals surface area (Å²) in [6.45, 7) is 2.46. The Bertz CT molecular complexity index is 1510. The van der Waals surface area contributed by atoms with Gasteiger partial charge in [-0.1, -0.05) is 42.5 Å². The molecular formula is C39H44O9. The van der Waals surface area contributed by atoms with Crippen molar-refractivity contribution in [2.75, 3.05) is 46.8 Å². The molecule has 0 amide bonds. The molecule has 3 aromatic rings. The molecule has 9 nitrogen and oxygen atoms in total. The molecule has 0 N–H and O–H groups in total. The number of aryl methyl sites for hydroxylation is 1. The van der Waals surface area contributed by atoms with E-state index in [1.54, 1.807) is 55.6 Å². The van der Waals surface area contributed by atoms with Gasteiger partial charge in [-0.15, -0.1) is 0 Å². The number of benzene rings is 3. The Morgan fingerprint density at radius 2 is 1.44 bits per heavy atom. The smallest absolute Gasteiger partial charge is 0.343 e. The van der Waals surface area contributed by atoms with E-state index in [0.717, 1.165) is 43.2 Å². The molecule has 0 radical (unpaired) electrons. The number of fused-ring (bicyclic) bond motifs is 2. The Labute approximate surface area is 282 Å². The Hall–Kier alpha value is -4.47. The molecule has 2 aliphatic rings. The molecule has 1 fully saturated rings. The fraction of sp³-hybridized carbons (Fsp3) is 0.410. The minimum absolute atomic E-state index is 0.0433. The van der Waals surface area contributed by atoms with E-state index >= 15 is 0 Å². The Morgan fingerprint density at radius 3 is 2.19 bits per heavy atom. The average molecular weight is 657 g/mol. The molecule has 0 heterocycles. The monoisotopic (exact) mass is 656 g/mol. The van der Waals surface area contributed by atoms with Crippen LogP contribution in [0.15, 0.2) is 84.9 Å². The van der Waals surface area contributed by atoms with Crippen molar-refractivity contribution in [1.82, 2.24) is 0 Å². The van der Waals surface area contributed by atoms with Crippen LogP contribution in [0.2, 0.25) is 0 Å². The van der Waals surface area contributed by atoms with Crippen molar-refractivity contribution in [3.05, 3.63) is 107 Å². The van der Waals surface area contributed by atoms with Crippen LogP contribution in [-0.4, -0.2) is 64.7 Å². The number of esters is 3. The van der Waals surface area contributed by atoms with Gasteiger partial charge < -0.3 is 28.4 Å². The quantitative estimate of drug-likeness (QED) is 0.0625. The van der Waals surface area contributed by atoms with E-state index in [1.807, 2.05) is 24.3 Å². The number of carbonyl (C=O) groups excluding carboxylic acids is 3. The second-order valence-corrected chi connectivity index (χ2v) is 12.1. The summed E-state index contributed by atoms with van der Waals surface area (Å²) >= 11 is 0. The maximum Gasteiger partial charge on any atom is 0.343 e. The van der Waals surface area contributed by atoms with Crippen LogP contribution in [0, 0.1) is 17.8 Å². The van der Waals surface area contributed by atoms with Crippen molar-refractivity contribution in [3.8, 4) is 11.5 Å². The summed E-state index contributed by atoms with van der Waals surface area (Å²) in [6, 6.07) is 21.4. The molecule has 0 spiro atoms. The van der Waals surface area contributed by atoms with Gasteiger partial charge in [0, 0.05) is 13.5 Å². The third-order valence-electron chi connectivity index (χ3n) is 8.63. The van der Waals surface area contributed by atoms with Crippen LogP contribution in [0.25, 0.3) is 0 Å². The lowest BCUT2D eigenvalue weighted by Crippen LogP contribution is -2.22. The summed E-state index contributed by atoms with van der Waals surface area (Å²) in [5, 5.41) is 0. The number of hydrogen-bond acceptors (Lipinski definition) is 9. The minimum atomic E-state index is -0.435. The molecule has 2 aliphatic carbocycles. The number of rotatable bonds is 19. The predicted molar refractivity (Wildman–Crippen MR) is 179 cm³/mol. The Kier molecular flexibility index (Phi) is 13.2. The van der Waals surface area contributed by atoms with Crippen LogP contribution in [0.3, 0.4) is 0 Å². The van der Waals surface area contributed by atoms with Gasteiger partial charge >= 0.3 is 17.9 Å². The van der Waals surface area contributed by atoms with E-state index in [1.165, 1.54) is 0 Å². The average Bonchev–Trinajstić information content (AvgIpc) is 3.75. The standard InChI is InChI=1S/C39H44O9/c1-43-21-22-44-23-24-45-35-7-4-6-33(27-35)37(40)47-20-18-29-11-16-34(17-12-29)48-38(41)31-13-8-28(9-14-31)5-2-3-19-46-39(42)36-26-30-10-15-32(36)25-30/h4,6-17,27,30,32,36H,2-3,5,18-26H2,1H3. The Morgan fingerprint density at radius 1 is 0.667 bits per heavy atom. The normalized spacial score (nSPS) is 17.6. The highest BCUT2D eigenvalue weighted by Crippen LogP contribution is 2.43. The molecular weight excluding hydrogens is 612 g/mol. The number of methoxy groups -OCH3 is 1. The summed E-state index contributed by atoms with van der Waals surface area (Å²) < 4.78 is 32.5. The molecule has 1 saturated carbocycles. The molecule has 9 heteroatoms. The van der Waals surface area contributed by atoms with Crippen molar-refractivity contribution in [1.29, 1.82) is 0 Å². The molecule has 48 heavy (non-hydrogen) atoms. The van der Waals surface area contributed by atoms with E-state index in [4.69, 9.17) is 28.4 Å². The summed E-state index contributed by atoms with van der Waals surface area (Å²) in [5.41, 5.74) is 2.93. The van der Waals surface area contributed by atoms with Gasteiger partial charge in [-0.3, -0.25) is 4.79 Å². The summed E-state index contributed by atoms with van der Waals surface area (Å²) in [7, 11) is 1.62. The number of unbranched alkanes of at least 4 members (excludes halogenated alkanes) is 1. The SMILES string of the molecule is COCCOCCOc1cccc(C(=O)OCCc2ccc(OC(=O)c3ccc(CCCCOC(=O)C4CC5C=CC4C5)cc3)cc2)c1. The lowest BCUT2D eigenvalue weighted by Gasteiger charge is -2.16. The van der Waals surface area contributed by atoms with Crippen molar-refractivity contribution in [3.63, 3.8) is 0 Å². The molecule has 254 valence electrons. The second-order valence-electron chi connectivity index (χ2n) is 12.1. The van der Waals surface area contributed by atoms with Gasteiger partial charge in [0.1, 0.15) is 18.1 Å². The predicted octanol–water partition coefficient (Wildman–Crippen LogP) is 6.43. The van der Waals surface area contributed by atoms with Gasteiger partial charge in [-0.25, -0.2) is 9.59 Å². The molecule has 0 aliphatic heterocycles. The summed E-state index contributed by atoms with van der Waals surface area (Å²) in [4.78, 5) is 37.6. The molecule has 3 aromatic carbocycles. The lowest BCUT2D eigenvalue weighted by atomic mass is 9.94. The highest BCUT2D eigenvalue weighted by Gasteiger charge is 2.40. The number of allylic oxidation sites excluding steroid dienone is 2. The zero-order valence-corrected chi connectivity index (χ0v) is 27.5. The second kappa shape index (κ2) is 18.2. The van der Waals surface area contributed by atoms with Gasteiger partial charge in [-0.2, -0.15) is 0 Å². The third kappa shape index (κ3) is 10.5. The molecule has 3 atom stereocenters. The van der Waals surface area contributed by atoms with Crippen molar-refractivity contribution >= 4 is 17.9 Å². The molecule has 0 saturated heterocycles. The molecule has 0 aromatic heterocycles. The summed E-state index contributed by atoms with van der Waals surface area (Å²) in [6.07, 6.45) is 9.48. The van der Waals surface area contributed by atoms with E-state index in [9.17, 15) is 14.4 Å². The van der Waals surface area contributed by atoms with Crippen molar-refractivity contribution in [2.45, 2.75) is 38.5 Å². The fourth-order valence-corrected chi connectivity index (χ4v) is 5.98. The fourth-order valence-electron chi connectivity index (χ4n) is 5.98. The van der Waals surface area contributed by atoms with Gasteiger partial charge in [-0.05, 0) is 97.5 Å². The van der Waals surface area contributed by atoms with Gasteiger partial charge in [0.2, 0.25) is 0 Å². The van der Waals surface area contributed by atoms with Gasteiger partial charge in [0.25, 0.3) is 0 Å². The highest BCUT2D eigenvalue weighted by atomic mass is 16.5. The van der Waals surface area contributed by atoms with Crippen LogP contribution >= 0.6 is 0 Å². The van der Waals surface area contributed by atoms with Crippen molar-refractivity contribution < 1.29 is 42.8 Å². The van der Waals surface area contributed by atoms with E-state index in [2.05, 4.69) is 12.2 Å². The first kappa shape index (κ1) is 34.9. The zero-order valence-electron chi connectivity index (χ0n) is 27.5. The molecule has 3 unspecified atom stereocenters. The topological polar surface area (TPSA) is 107 Å². The van der Waals surface area contributed by atoms with E-state index in [-0.39, 0.29) is 18.5 Å². The number of ether oxygens (including phenoxy) is 6. The zero-order chi connectivity index (χ0) is 33.6. The lowest BCUT2D eigenvalue weighted by molar-refractivity contribution is -0.149. The van der Waals surface area contributed by atoms with Crippen molar-refractivity contribution in [2.24, 2.45) is 17.8 Å². The largest absolute Gasteiger partial charge is 0.491 e. The molecule has 5 rings (SSSR count). The highest BCUT2D eigenvalue weighted by molar-refractivity contribution is 5.91. The first-order chi connectivity index (χ1) is 23.5. The van der Waals surface area contributed by atoms with Crippen LogP contribution in [0.4, 0.5) is 0 Å². The first-order valence-corrected chi connectivity index (χ1v) is 16.7. The van der Waals surface area contributed by atoms with Crippen LogP contribution in [-0.2, 0) is 36.6 Å². The Balaban J connectivity index is 0.958. The van der Waals surface area contributed by atoms with E-state index < -0.39 is 11.9 Å².